The molecule has 2 fully saturated rings. The number of rotatable bonds is 1. The maximum atomic E-state index is 12.5. The highest BCUT2D eigenvalue weighted by atomic mass is 32.2. The Morgan fingerprint density at radius 1 is 1.26 bits per heavy atom. The Kier molecular flexibility index (Phi) is 3.93. The van der Waals surface area contributed by atoms with Crippen molar-refractivity contribution in [2.75, 3.05) is 39.0 Å². The molecule has 0 spiro atoms. The first kappa shape index (κ1) is 14.8. The van der Waals surface area contributed by atoms with Gasteiger partial charge in [-0.1, -0.05) is 0 Å². The van der Waals surface area contributed by atoms with Gasteiger partial charge in [0.25, 0.3) is 0 Å². The number of amides is 1. The molecule has 2 aliphatic heterocycles. The molecule has 0 radical (unpaired) electrons. The minimum Gasteiger partial charge on any atom is -0.340 e. The fourth-order valence-corrected chi connectivity index (χ4v) is 4.32. The Labute approximate surface area is 115 Å². The molecule has 2 saturated heterocycles. The molecule has 1 atom stereocenters. The molecule has 0 unspecified atom stereocenters. The van der Waals surface area contributed by atoms with Gasteiger partial charge in [-0.05, 0) is 40.3 Å². The largest absolute Gasteiger partial charge is 0.340 e. The zero-order valence-corrected chi connectivity index (χ0v) is 12.9. The van der Waals surface area contributed by atoms with Crippen LogP contribution < -0.4 is 0 Å². The van der Waals surface area contributed by atoms with Crippen LogP contribution in [0.4, 0.5) is 0 Å². The Morgan fingerprint density at radius 3 is 2.53 bits per heavy atom. The van der Waals surface area contributed by atoms with Gasteiger partial charge in [0.05, 0.1) is 16.4 Å². The molecule has 19 heavy (non-hydrogen) atoms. The van der Waals surface area contributed by atoms with Gasteiger partial charge in [0.2, 0.25) is 5.91 Å². The van der Waals surface area contributed by atoms with Gasteiger partial charge in [-0.25, -0.2) is 8.42 Å². The highest BCUT2D eigenvalue weighted by Gasteiger charge is 2.42. The number of carbonyl (C=O) groups is 1. The summed E-state index contributed by atoms with van der Waals surface area (Å²) < 4.78 is 23.1. The zero-order chi connectivity index (χ0) is 14.3. The maximum absolute atomic E-state index is 12.5. The monoisotopic (exact) mass is 288 g/mol. The van der Waals surface area contributed by atoms with E-state index >= 15 is 0 Å². The molecule has 2 rings (SSSR count). The van der Waals surface area contributed by atoms with Crippen LogP contribution in [-0.2, 0) is 14.6 Å². The molecule has 0 aliphatic carbocycles. The second kappa shape index (κ2) is 5.05. The summed E-state index contributed by atoms with van der Waals surface area (Å²) in [7, 11) is -1.04. The molecule has 0 aromatic carbocycles. The van der Waals surface area contributed by atoms with Crippen LogP contribution in [0.5, 0.6) is 0 Å². The second-order valence-electron chi connectivity index (χ2n) is 6.44. The first-order valence-corrected chi connectivity index (χ1v) is 8.58. The molecule has 110 valence electrons. The highest BCUT2D eigenvalue weighted by molar-refractivity contribution is 7.92. The number of likely N-dealkylation sites (tertiary alicyclic amines) is 1. The van der Waals surface area contributed by atoms with Crippen LogP contribution in [0.25, 0.3) is 0 Å². The number of nitrogens with zero attached hydrogens (tertiary/aromatic N) is 2. The molecule has 0 aromatic rings. The predicted molar refractivity (Wildman–Crippen MR) is 74.7 cm³/mol. The van der Waals surface area contributed by atoms with Gasteiger partial charge in [-0.3, -0.25) is 4.79 Å². The molecule has 6 heteroatoms. The molecule has 0 bridgehead atoms. The van der Waals surface area contributed by atoms with Crippen molar-refractivity contribution in [2.24, 2.45) is 5.92 Å². The predicted octanol–water partition coefficient (Wildman–Crippen LogP) is 0.364. The summed E-state index contributed by atoms with van der Waals surface area (Å²) in [5.41, 5.74) is 0. The lowest BCUT2D eigenvalue weighted by Crippen LogP contribution is -2.56. The average Bonchev–Trinajstić information content (AvgIpc) is 2.32. The molecule has 0 N–H and O–H groups in total. The lowest BCUT2D eigenvalue weighted by atomic mass is 9.96. The lowest BCUT2D eigenvalue weighted by molar-refractivity contribution is -0.137. The summed E-state index contributed by atoms with van der Waals surface area (Å²) in [6.07, 6.45) is 1.97. The Hall–Kier alpha value is -0.620. The van der Waals surface area contributed by atoms with Crippen molar-refractivity contribution >= 4 is 15.7 Å². The second-order valence-corrected chi connectivity index (χ2v) is 9.18. The third-order valence-corrected chi connectivity index (χ3v) is 6.86. The number of hydrogen-bond acceptors (Lipinski definition) is 4. The van der Waals surface area contributed by atoms with Gasteiger partial charge in [0, 0.05) is 19.6 Å². The first-order valence-electron chi connectivity index (χ1n) is 6.92. The number of carbonyl (C=O) groups excluding carboxylic acids is 1. The van der Waals surface area contributed by atoms with Gasteiger partial charge in [0.15, 0.2) is 9.84 Å². The van der Waals surface area contributed by atoms with Crippen molar-refractivity contribution in [3.05, 3.63) is 0 Å². The Balaban J connectivity index is 2.05. The average molecular weight is 288 g/mol. The molecule has 1 amide bonds. The van der Waals surface area contributed by atoms with Gasteiger partial charge in [-0.15, -0.1) is 0 Å². The van der Waals surface area contributed by atoms with E-state index in [1.165, 1.54) is 0 Å². The lowest BCUT2D eigenvalue weighted by Gasteiger charge is -2.40. The zero-order valence-electron chi connectivity index (χ0n) is 12.1. The van der Waals surface area contributed by atoms with Crippen LogP contribution in [0.2, 0.25) is 0 Å². The van der Waals surface area contributed by atoms with Crippen molar-refractivity contribution in [1.29, 1.82) is 0 Å². The van der Waals surface area contributed by atoms with E-state index in [2.05, 4.69) is 4.90 Å². The third-order valence-electron chi connectivity index (χ3n) is 4.33. The van der Waals surface area contributed by atoms with Crippen LogP contribution >= 0.6 is 0 Å². The van der Waals surface area contributed by atoms with Crippen LogP contribution in [0.15, 0.2) is 0 Å². The summed E-state index contributed by atoms with van der Waals surface area (Å²) in [6.45, 7) is 5.95. The minimum atomic E-state index is -3.07. The molecule has 5 nitrogen and oxygen atoms in total. The summed E-state index contributed by atoms with van der Waals surface area (Å²) in [5, 5.41) is 0. The van der Waals surface area contributed by atoms with Crippen molar-refractivity contribution in [2.45, 2.75) is 31.4 Å². The van der Waals surface area contributed by atoms with E-state index in [-0.39, 0.29) is 17.6 Å². The molecular weight excluding hydrogens is 264 g/mol. The molecule has 0 aromatic heterocycles. The van der Waals surface area contributed by atoms with Gasteiger partial charge >= 0.3 is 0 Å². The van der Waals surface area contributed by atoms with E-state index in [0.717, 1.165) is 25.9 Å². The van der Waals surface area contributed by atoms with E-state index < -0.39 is 14.6 Å². The van der Waals surface area contributed by atoms with Crippen LogP contribution in [0.3, 0.4) is 0 Å². The van der Waals surface area contributed by atoms with Gasteiger partial charge in [-0.2, -0.15) is 0 Å². The van der Waals surface area contributed by atoms with Gasteiger partial charge in [0.1, 0.15) is 0 Å². The van der Waals surface area contributed by atoms with Crippen molar-refractivity contribution < 1.29 is 13.2 Å². The van der Waals surface area contributed by atoms with Crippen molar-refractivity contribution in [1.82, 2.24) is 9.80 Å². The highest BCUT2D eigenvalue weighted by Crippen LogP contribution is 2.26. The smallest absolute Gasteiger partial charge is 0.227 e. The first-order chi connectivity index (χ1) is 8.73. The summed E-state index contributed by atoms with van der Waals surface area (Å²) in [6, 6.07) is 0. The van der Waals surface area contributed by atoms with E-state index in [1.54, 1.807) is 18.7 Å². The SMILES string of the molecule is CN1CCC[C@@H](C(=O)N2CCS(=O)(=O)C(C)(C)C2)C1. The van der Waals surface area contributed by atoms with Crippen LogP contribution in [0.1, 0.15) is 26.7 Å². The number of sulfone groups is 1. The maximum Gasteiger partial charge on any atom is 0.227 e. The summed E-state index contributed by atoms with van der Waals surface area (Å²) >= 11 is 0. The number of piperidine rings is 1. The molecule has 2 heterocycles. The van der Waals surface area contributed by atoms with E-state index in [1.807, 2.05) is 7.05 Å². The Bertz CT molecular complexity index is 459. The summed E-state index contributed by atoms with van der Waals surface area (Å²) in [4.78, 5) is 16.4. The standard InChI is InChI=1S/C13H24N2O3S/c1-13(2)10-15(7-8-19(13,17)18)12(16)11-5-4-6-14(3)9-11/h11H,4-10H2,1-3H3/t11-/m1/s1. The normalized spacial score (nSPS) is 31.1. The fraction of sp³-hybridized carbons (Fsp3) is 0.923. The van der Waals surface area contributed by atoms with Crippen LogP contribution in [-0.4, -0.2) is 67.9 Å². The quantitative estimate of drug-likeness (QED) is 0.699. The number of hydrogen-bond donors (Lipinski definition) is 0. The van der Waals surface area contributed by atoms with Crippen molar-refractivity contribution in [3.63, 3.8) is 0 Å². The van der Waals surface area contributed by atoms with E-state index in [9.17, 15) is 13.2 Å². The van der Waals surface area contributed by atoms with E-state index in [0.29, 0.717) is 13.1 Å². The topological polar surface area (TPSA) is 57.7 Å². The molecule has 0 saturated carbocycles. The third kappa shape index (κ3) is 2.94. The van der Waals surface area contributed by atoms with Crippen molar-refractivity contribution in [3.8, 4) is 0 Å². The Morgan fingerprint density at radius 2 is 1.95 bits per heavy atom. The molecule has 2 aliphatic rings. The summed E-state index contributed by atoms with van der Waals surface area (Å²) in [5.74, 6) is 0.263. The molecular formula is C13H24N2O3S. The van der Waals surface area contributed by atoms with E-state index in [4.69, 9.17) is 0 Å². The minimum absolute atomic E-state index is 0.0374. The fourth-order valence-electron chi connectivity index (χ4n) is 2.96. The van der Waals surface area contributed by atoms with Crippen LogP contribution in [0, 0.1) is 5.92 Å². The van der Waals surface area contributed by atoms with Gasteiger partial charge < -0.3 is 9.80 Å².